The zero-order chi connectivity index (χ0) is 21.4. The van der Waals surface area contributed by atoms with Crippen molar-refractivity contribution < 1.29 is 38.1 Å². The van der Waals surface area contributed by atoms with Crippen LogP contribution in [0.5, 0.6) is 0 Å². The van der Waals surface area contributed by atoms with E-state index in [0.29, 0.717) is 17.8 Å². The van der Waals surface area contributed by atoms with Gasteiger partial charge in [0.25, 0.3) is 0 Å². The molecule has 6 rings (SSSR count). The van der Waals surface area contributed by atoms with Gasteiger partial charge in [0.1, 0.15) is 0 Å². The molecule has 3 N–H and O–H groups in total. The van der Waals surface area contributed by atoms with Gasteiger partial charge in [-0.2, -0.15) is 0 Å². The summed E-state index contributed by atoms with van der Waals surface area (Å²) in [6.07, 6.45) is 1.70. The lowest BCUT2D eigenvalue weighted by molar-refractivity contribution is -0.203. The molecule has 9 heteroatoms. The lowest BCUT2D eigenvalue weighted by Crippen LogP contribution is -2.53. The van der Waals surface area contributed by atoms with Crippen LogP contribution in [0.2, 0.25) is 0 Å². The maximum Gasteiger partial charge on any atom is 0.507 e. The Morgan fingerprint density at radius 1 is 1.03 bits per heavy atom. The molecule has 166 valence electrons. The second-order valence-electron chi connectivity index (χ2n) is 10.2. The van der Waals surface area contributed by atoms with Gasteiger partial charge in [-0.25, -0.2) is 9.18 Å². The van der Waals surface area contributed by atoms with E-state index in [1.54, 1.807) is 0 Å². The molecule has 0 amide bonds. The van der Waals surface area contributed by atoms with Crippen LogP contribution in [-0.4, -0.2) is 41.4 Å². The highest BCUT2D eigenvalue weighted by Crippen LogP contribution is 2.63. The fraction of sp³-hybridized carbons (Fsp3) is 0.857. The van der Waals surface area contributed by atoms with Crippen LogP contribution >= 0.6 is 0 Å². The van der Waals surface area contributed by atoms with Crippen LogP contribution in [0, 0.1) is 40.9 Å². The van der Waals surface area contributed by atoms with Gasteiger partial charge in [0.15, 0.2) is 6.17 Å². The summed E-state index contributed by atoms with van der Waals surface area (Å²) in [6.45, 7) is 1.50. The zero-order valence-corrected chi connectivity index (χ0v) is 16.9. The monoisotopic (exact) mass is 425 g/mol. The molecule has 8 nitrogen and oxygen atoms in total. The van der Waals surface area contributed by atoms with Crippen molar-refractivity contribution in [1.29, 1.82) is 0 Å². The van der Waals surface area contributed by atoms with Crippen molar-refractivity contribution >= 4 is 18.1 Å². The Bertz CT molecular complexity index is 752. The highest BCUT2D eigenvalue weighted by molar-refractivity contribution is 5.79. The van der Waals surface area contributed by atoms with Crippen molar-refractivity contribution in [2.45, 2.75) is 70.1 Å². The van der Waals surface area contributed by atoms with Crippen molar-refractivity contribution in [3.8, 4) is 0 Å². The normalized spacial score (nSPS) is 48.6. The molecule has 0 heterocycles. The molecule has 0 aliphatic heterocycles. The van der Waals surface area contributed by atoms with Gasteiger partial charge in [0.05, 0.1) is 11.3 Å². The standard InChI is InChI=1S/C21H28FNO7/c1-9(29-18(25)20-6-10-2-11(7-20)4-12(3-10)8-20)28-17(24)15-13-5-14(22)21(23,16(13)15)30-19(26)27/h9-16H,2-8,23H2,1H3,(H,26,27)/t9-,10?,11?,12?,13-,14-,15-,16-,20?,21+/m0/s1. The second-order valence-corrected chi connectivity index (χ2v) is 10.2. The summed E-state index contributed by atoms with van der Waals surface area (Å²) in [4.78, 5) is 36.4. The van der Waals surface area contributed by atoms with Crippen molar-refractivity contribution in [3.05, 3.63) is 0 Å². The van der Waals surface area contributed by atoms with Crippen LogP contribution in [-0.2, 0) is 23.8 Å². The molecule has 6 aliphatic rings. The molecule has 0 aromatic heterocycles. The number of ether oxygens (including phenoxy) is 3. The highest BCUT2D eigenvalue weighted by Gasteiger charge is 2.74. The molecule has 6 fully saturated rings. The molecule has 4 bridgehead atoms. The predicted octanol–water partition coefficient (Wildman–Crippen LogP) is 2.59. The molecule has 0 radical (unpaired) electrons. The number of nitrogens with two attached hydrogens (primary N) is 1. The first kappa shape index (κ1) is 20.0. The average Bonchev–Trinajstić information content (AvgIpc) is 3.28. The third-order valence-electron chi connectivity index (χ3n) is 8.22. The highest BCUT2D eigenvalue weighted by atomic mass is 19.1. The summed E-state index contributed by atoms with van der Waals surface area (Å²) in [7, 11) is 0. The lowest BCUT2D eigenvalue weighted by Gasteiger charge is -2.55. The number of hydrogen-bond acceptors (Lipinski definition) is 7. The summed E-state index contributed by atoms with van der Waals surface area (Å²) >= 11 is 0. The minimum absolute atomic E-state index is 0.0599. The van der Waals surface area contributed by atoms with Gasteiger partial charge in [-0.3, -0.25) is 15.3 Å². The second kappa shape index (κ2) is 6.55. The van der Waals surface area contributed by atoms with E-state index in [0.717, 1.165) is 19.3 Å². The Morgan fingerprint density at radius 3 is 2.13 bits per heavy atom. The Hall–Kier alpha value is -1.90. The van der Waals surface area contributed by atoms with Gasteiger partial charge in [-0.05, 0) is 68.6 Å². The molecular formula is C21H28FNO7. The summed E-state index contributed by atoms with van der Waals surface area (Å²) in [5.74, 6) is -1.11. The largest absolute Gasteiger partial charge is 0.507 e. The summed E-state index contributed by atoms with van der Waals surface area (Å²) < 4.78 is 29.5. The first-order valence-corrected chi connectivity index (χ1v) is 10.9. The fourth-order valence-corrected chi connectivity index (χ4v) is 7.42. The number of carboxylic acid groups (broad SMARTS) is 1. The summed E-state index contributed by atoms with van der Waals surface area (Å²) in [6, 6.07) is 0. The third-order valence-corrected chi connectivity index (χ3v) is 8.22. The Balaban J connectivity index is 1.18. The van der Waals surface area contributed by atoms with E-state index in [-0.39, 0.29) is 12.4 Å². The molecule has 0 unspecified atom stereocenters. The topological polar surface area (TPSA) is 125 Å². The Morgan fingerprint density at radius 2 is 1.60 bits per heavy atom. The smallest absolute Gasteiger partial charge is 0.450 e. The predicted molar refractivity (Wildman–Crippen MR) is 98.3 cm³/mol. The van der Waals surface area contributed by atoms with E-state index >= 15 is 0 Å². The van der Waals surface area contributed by atoms with Crippen LogP contribution in [0.15, 0.2) is 0 Å². The van der Waals surface area contributed by atoms with Crippen LogP contribution in [0.1, 0.15) is 51.9 Å². The number of fused-ring (bicyclic) bond motifs is 1. The van der Waals surface area contributed by atoms with E-state index in [9.17, 15) is 18.8 Å². The molecule has 0 aromatic rings. The molecule has 6 atom stereocenters. The van der Waals surface area contributed by atoms with E-state index in [1.807, 2.05) is 0 Å². The van der Waals surface area contributed by atoms with Crippen molar-refractivity contribution in [3.63, 3.8) is 0 Å². The minimum atomic E-state index is -2.04. The maximum absolute atomic E-state index is 14.1. The minimum Gasteiger partial charge on any atom is -0.450 e. The van der Waals surface area contributed by atoms with Gasteiger partial charge in [-0.1, -0.05) is 0 Å². The first-order chi connectivity index (χ1) is 14.1. The van der Waals surface area contributed by atoms with E-state index in [2.05, 4.69) is 4.74 Å². The first-order valence-electron chi connectivity index (χ1n) is 10.9. The summed E-state index contributed by atoms with van der Waals surface area (Å²) in [5, 5.41) is 8.84. The zero-order valence-electron chi connectivity index (χ0n) is 16.9. The molecule has 0 spiro atoms. The van der Waals surface area contributed by atoms with Gasteiger partial charge in [0.2, 0.25) is 12.0 Å². The molecule has 6 saturated carbocycles. The number of halogens is 1. The lowest BCUT2D eigenvalue weighted by atomic mass is 9.49. The quantitative estimate of drug-likeness (QED) is 0.509. The van der Waals surface area contributed by atoms with E-state index < -0.39 is 53.5 Å². The van der Waals surface area contributed by atoms with Crippen molar-refractivity contribution in [2.24, 2.45) is 46.7 Å². The Labute approximate surface area is 173 Å². The number of carbonyl (C=O) groups excluding carboxylic acids is 2. The van der Waals surface area contributed by atoms with Crippen LogP contribution in [0.3, 0.4) is 0 Å². The van der Waals surface area contributed by atoms with Gasteiger partial charge < -0.3 is 19.3 Å². The molecule has 6 aliphatic carbocycles. The average molecular weight is 425 g/mol. The number of carbonyl (C=O) groups is 3. The van der Waals surface area contributed by atoms with Gasteiger partial charge >= 0.3 is 18.1 Å². The Kier molecular flexibility index (Phi) is 4.37. The molecule has 0 aromatic carbocycles. The molecular weight excluding hydrogens is 397 g/mol. The van der Waals surface area contributed by atoms with Crippen LogP contribution in [0.25, 0.3) is 0 Å². The van der Waals surface area contributed by atoms with Gasteiger partial charge in [-0.15, -0.1) is 0 Å². The maximum atomic E-state index is 14.1. The third kappa shape index (κ3) is 2.99. The van der Waals surface area contributed by atoms with E-state index in [1.165, 1.54) is 26.2 Å². The molecule has 0 saturated heterocycles. The number of esters is 2. The van der Waals surface area contributed by atoms with Gasteiger partial charge in [0, 0.05) is 12.8 Å². The summed E-state index contributed by atoms with van der Waals surface area (Å²) in [5.41, 5.74) is 3.33. The van der Waals surface area contributed by atoms with Crippen LogP contribution < -0.4 is 5.73 Å². The fourth-order valence-electron chi connectivity index (χ4n) is 7.42. The molecule has 30 heavy (non-hydrogen) atoms. The number of alkyl halides is 1. The van der Waals surface area contributed by atoms with Crippen molar-refractivity contribution in [2.75, 3.05) is 0 Å². The number of hydrogen-bond donors (Lipinski definition) is 2. The SMILES string of the molecule is C[C@@H](OC(=O)[C@H]1[C@@H]2C[C@H](F)[C@@](N)(OC(=O)O)[C@@H]21)OC(=O)C12CC3CC(CC(C3)C1)C2. The number of rotatable bonds is 5. The van der Waals surface area contributed by atoms with E-state index in [4.69, 9.17) is 20.3 Å². The van der Waals surface area contributed by atoms with Crippen LogP contribution in [0.4, 0.5) is 9.18 Å². The van der Waals surface area contributed by atoms with Crippen molar-refractivity contribution in [1.82, 2.24) is 0 Å².